The number of methoxy groups -OCH3 is 1. The van der Waals surface area contributed by atoms with Gasteiger partial charge in [0.05, 0.1) is 13.0 Å². The number of hydrogen-bond acceptors (Lipinski definition) is 3. The third-order valence-electron chi connectivity index (χ3n) is 4.59. The Hall–Kier alpha value is -1.88. The third-order valence-corrected chi connectivity index (χ3v) is 4.59. The van der Waals surface area contributed by atoms with Crippen LogP contribution in [0.2, 0.25) is 0 Å². The van der Waals surface area contributed by atoms with Crippen LogP contribution in [0, 0.1) is 5.41 Å². The molecule has 2 rings (SSSR count). The molecule has 1 saturated heterocycles. The van der Waals surface area contributed by atoms with Gasteiger partial charge in [0.1, 0.15) is 5.41 Å². The minimum Gasteiger partial charge on any atom is -0.481 e. The fourth-order valence-corrected chi connectivity index (χ4v) is 3.15. The molecule has 1 heterocycles. The molecule has 1 aliphatic rings. The summed E-state index contributed by atoms with van der Waals surface area (Å²) in [7, 11) is 1.50. The van der Waals surface area contributed by atoms with E-state index in [0.717, 1.165) is 12.0 Å². The lowest BCUT2D eigenvalue weighted by Gasteiger charge is -2.39. The van der Waals surface area contributed by atoms with Gasteiger partial charge in [0.25, 0.3) is 0 Å². The molecule has 1 aromatic rings. The molecule has 1 unspecified atom stereocenters. The lowest BCUT2D eigenvalue weighted by Crippen LogP contribution is -2.52. The van der Waals surface area contributed by atoms with Crippen molar-refractivity contribution in [3.63, 3.8) is 0 Å². The first-order valence-corrected chi connectivity index (χ1v) is 8.08. The van der Waals surface area contributed by atoms with Crippen LogP contribution in [0.15, 0.2) is 24.3 Å². The van der Waals surface area contributed by atoms with Gasteiger partial charge in [-0.3, -0.25) is 9.59 Å². The van der Waals surface area contributed by atoms with E-state index in [-0.39, 0.29) is 19.1 Å². The Labute approximate surface area is 137 Å². The smallest absolute Gasteiger partial charge is 0.313 e. The summed E-state index contributed by atoms with van der Waals surface area (Å²) in [5.41, 5.74) is 1.23. The van der Waals surface area contributed by atoms with Crippen LogP contribution in [-0.4, -0.2) is 48.7 Å². The molecule has 5 heteroatoms. The Kier molecular flexibility index (Phi) is 5.77. The van der Waals surface area contributed by atoms with Crippen LogP contribution in [0.25, 0.3) is 0 Å². The monoisotopic (exact) mass is 319 g/mol. The van der Waals surface area contributed by atoms with Crippen LogP contribution in [0.5, 0.6) is 0 Å². The number of amides is 1. The lowest BCUT2D eigenvalue weighted by atomic mass is 9.80. The van der Waals surface area contributed by atoms with Crippen molar-refractivity contribution in [1.29, 1.82) is 0 Å². The van der Waals surface area contributed by atoms with Gasteiger partial charge >= 0.3 is 5.97 Å². The van der Waals surface area contributed by atoms with E-state index in [0.29, 0.717) is 25.8 Å². The number of hydrogen-bond donors (Lipinski definition) is 1. The van der Waals surface area contributed by atoms with Crippen molar-refractivity contribution in [2.75, 3.05) is 26.8 Å². The fourth-order valence-electron chi connectivity index (χ4n) is 3.15. The van der Waals surface area contributed by atoms with Gasteiger partial charge in [-0.15, -0.1) is 0 Å². The molecular weight excluding hydrogens is 294 g/mol. The second kappa shape index (κ2) is 7.59. The molecule has 1 aromatic carbocycles. The number of piperidine rings is 1. The molecule has 0 aliphatic carbocycles. The number of likely N-dealkylation sites (tertiary alicyclic amines) is 1. The number of ether oxygens (including phenoxy) is 1. The van der Waals surface area contributed by atoms with Crippen molar-refractivity contribution in [3.8, 4) is 0 Å². The predicted molar refractivity (Wildman–Crippen MR) is 87.3 cm³/mol. The van der Waals surface area contributed by atoms with E-state index in [1.165, 1.54) is 12.7 Å². The highest BCUT2D eigenvalue weighted by molar-refractivity contribution is 5.81. The van der Waals surface area contributed by atoms with Gasteiger partial charge < -0.3 is 14.7 Å². The molecule has 23 heavy (non-hydrogen) atoms. The zero-order valence-corrected chi connectivity index (χ0v) is 13.9. The Balaban J connectivity index is 2.04. The number of carboxylic acids is 1. The van der Waals surface area contributed by atoms with Gasteiger partial charge in [0.2, 0.25) is 5.91 Å². The molecule has 126 valence electrons. The minimum atomic E-state index is -0.977. The van der Waals surface area contributed by atoms with E-state index in [4.69, 9.17) is 4.74 Å². The van der Waals surface area contributed by atoms with Crippen molar-refractivity contribution in [2.45, 2.75) is 32.6 Å². The van der Waals surface area contributed by atoms with Crippen LogP contribution in [0.4, 0.5) is 0 Å². The summed E-state index contributed by atoms with van der Waals surface area (Å²) in [5, 5.41) is 9.55. The average molecular weight is 319 g/mol. The molecule has 1 N–H and O–H groups in total. The van der Waals surface area contributed by atoms with Crippen LogP contribution < -0.4 is 0 Å². The van der Waals surface area contributed by atoms with Gasteiger partial charge in [0.15, 0.2) is 0 Å². The summed E-state index contributed by atoms with van der Waals surface area (Å²) in [4.78, 5) is 25.8. The first kappa shape index (κ1) is 17.5. The average Bonchev–Trinajstić information content (AvgIpc) is 2.56. The standard InChI is InChI=1S/C18H25NO4/c1-3-14-5-7-15(8-6-14)11-16(20)19-10-4-9-18(12-19,13-23-2)17(21)22/h5-8H,3-4,9-13H2,1-2H3,(H,21,22). The molecule has 0 saturated carbocycles. The highest BCUT2D eigenvalue weighted by Gasteiger charge is 2.43. The summed E-state index contributed by atoms with van der Waals surface area (Å²) >= 11 is 0. The first-order chi connectivity index (χ1) is 11.0. The zero-order chi connectivity index (χ0) is 16.9. The SMILES string of the molecule is CCc1ccc(CC(=O)N2CCCC(COC)(C(=O)O)C2)cc1. The van der Waals surface area contributed by atoms with Crippen LogP contribution >= 0.6 is 0 Å². The summed E-state index contributed by atoms with van der Waals surface area (Å²) in [6.07, 6.45) is 2.52. The molecule has 1 aliphatic heterocycles. The molecule has 1 fully saturated rings. The molecule has 0 radical (unpaired) electrons. The van der Waals surface area contributed by atoms with Gasteiger partial charge in [-0.1, -0.05) is 31.2 Å². The second-order valence-electron chi connectivity index (χ2n) is 6.28. The Morgan fingerprint density at radius 2 is 1.91 bits per heavy atom. The Morgan fingerprint density at radius 1 is 1.26 bits per heavy atom. The van der Waals surface area contributed by atoms with Gasteiger partial charge in [-0.25, -0.2) is 0 Å². The van der Waals surface area contributed by atoms with Crippen molar-refractivity contribution < 1.29 is 19.4 Å². The maximum absolute atomic E-state index is 12.5. The molecule has 0 spiro atoms. The fraction of sp³-hybridized carbons (Fsp3) is 0.556. The highest BCUT2D eigenvalue weighted by atomic mass is 16.5. The number of carboxylic acid groups (broad SMARTS) is 1. The quantitative estimate of drug-likeness (QED) is 0.872. The molecule has 0 aromatic heterocycles. The van der Waals surface area contributed by atoms with E-state index in [1.54, 1.807) is 4.90 Å². The van der Waals surface area contributed by atoms with Gasteiger partial charge in [-0.2, -0.15) is 0 Å². The minimum absolute atomic E-state index is 0.0179. The lowest BCUT2D eigenvalue weighted by molar-refractivity contribution is -0.159. The number of carbonyl (C=O) groups excluding carboxylic acids is 1. The second-order valence-corrected chi connectivity index (χ2v) is 6.28. The number of aryl methyl sites for hydroxylation is 1. The zero-order valence-electron chi connectivity index (χ0n) is 13.9. The number of benzene rings is 1. The maximum Gasteiger partial charge on any atom is 0.313 e. The number of carbonyl (C=O) groups is 2. The highest BCUT2D eigenvalue weighted by Crippen LogP contribution is 2.31. The van der Waals surface area contributed by atoms with E-state index in [2.05, 4.69) is 6.92 Å². The molecule has 0 bridgehead atoms. The third kappa shape index (κ3) is 4.10. The van der Waals surface area contributed by atoms with Crippen LogP contribution in [-0.2, 0) is 27.2 Å². The maximum atomic E-state index is 12.5. The summed E-state index contributed by atoms with van der Waals surface area (Å²) in [6.45, 7) is 3.07. The summed E-state index contributed by atoms with van der Waals surface area (Å²) in [5.74, 6) is -0.903. The summed E-state index contributed by atoms with van der Waals surface area (Å²) in [6, 6.07) is 8.01. The largest absolute Gasteiger partial charge is 0.481 e. The summed E-state index contributed by atoms with van der Waals surface area (Å²) < 4.78 is 5.10. The van der Waals surface area contributed by atoms with Crippen molar-refractivity contribution in [2.24, 2.45) is 5.41 Å². The number of aliphatic carboxylic acids is 1. The molecule has 5 nitrogen and oxygen atoms in total. The van der Waals surface area contributed by atoms with Crippen LogP contribution in [0.1, 0.15) is 30.9 Å². The Bertz CT molecular complexity index is 551. The number of nitrogens with zero attached hydrogens (tertiary/aromatic N) is 1. The van der Waals surface area contributed by atoms with E-state index >= 15 is 0 Å². The van der Waals surface area contributed by atoms with Crippen molar-refractivity contribution in [1.82, 2.24) is 4.90 Å². The van der Waals surface area contributed by atoms with Crippen LogP contribution in [0.3, 0.4) is 0 Å². The molecule has 1 amide bonds. The van der Waals surface area contributed by atoms with E-state index in [1.807, 2.05) is 24.3 Å². The topological polar surface area (TPSA) is 66.8 Å². The first-order valence-electron chi connectivity index (χ1n) is 8.08. The van der Waals surface area contributed by atoms with Crippen molar-refractivity contribution in [3.05, 3.63) is 35.4 Å². The van der Waals surface area contributed by atoms with Crippen molar-refractivity contribution >= 4 is 11.9 Å². The predicted octanol–water partition coefficient (Wildman–Crippen LogP) is 2.13. The normalized spacial score (nSPS) is 21.2. The van der Waals surface area contributed by atoms with Gasteiger partial charge in [-0.05, 0) is 30.4 Å². The van der Waals surface area contributed by atoms with Gasteiger partial charge in [0, 0.05) is 20.2 Å². The van der Waals surface area contributed by atoms with E-state index in [9.17, 15) is 14.7 Å². The van der Waals surface area contributed by atoms with E-state index < -0.39 is 11.4 Å². The Morgan fingerprint density at radius 3 is 2.48 bits per heavy atom. The molecular formula is C18H25NO4. The molecule has 1 atom stereocenters. The number of rotatable bonds is 6.